The fourth-order valence-corrected chi connectivity index (χ4v) is 2.66. The fraction of sp³-hybridized carbons (Fsp3) is 0.727. The van der Waals surface area contributed by atoms with Gasteiger partial charge in [-0.2, -0.15) is 5.10 Å². The summed E-state index contributed by atoms with van der Waals surface area (Å²) in [4.78, 5) is 0. The van der Waals surface area contributed by atoms with Crippen LogP contribution in [0.25, 0.3) is 0 Å². The Balaban J connectivity index is 1.93. The number of aromatic nitrogens is 2. The molecule has 0 bridgehead atoms. The van der Waals surface area contributed by atoms with E-state index < -0.39 is 0 Å². The first-order chi connectivity index (χ1) is 7.90. The van der Waals surface area contributed by atoms with E-state index in [1.54, 1.807) is 0 Å². The lowest BCUT2D eigenvalue weighted by Gasteiger charge is -2.24. The van der Waals surface area contributed by atoms with E-state index in [0.717, 1.165) is 39.1 Å². The molecule has 1 fully saturated rings. The van der Waals surface area contributed by atoms with Gasteiger partial charge in [0.1, 0.15) is 0 Å². The van der Waals surface area contributed by atoms with Gasteiger partial charge in [-0.1, -0.05) is 0 Å². The van der Waals surface area contributed by atoms with Gasteiger partial charge in [-0.25, -0.2) is 0 Å². The molecule has 0 atom stereocenters. The third-order valence-electron chi connectivity index (χ3n) is 3.53. The highest BCUT2D eigenvalue weighted by Crippen LogP contribution is 2.27. The molecule has 2 aliphatic rings. The Bertz CT molecular complexity index is 382. The van der Waals surface area contributed by atoms with Crippen LogP contribution < -0.4 is 11.1 Å². The molecule has 1 saturated heterocycles. The van der Waals surface area contributed by atoms with Crippen LogP contribution >= 0.6 is 0 Å². The third kappa shape index (κ3) is 1.55. The van der Waals surface area contributed by atoms with Crippen molar-refractivity contribution >= 4 is 0 Å². The lowest BCUT2D eigenvalue weighted by atomic mass is 10.1. The van der Waals surface area contributed by atoms with Crippen molar-refractivity contribution < 1.29 is 4.74 Å². The summed E-state index contributed by atoms with van der Waals surface area (Å²) in [7, 11) is 0. The van der Waals surface area contributed by atoms with Crippen molar-refractivity contribution in [2.45, 2.75) is 38.5 Å². The molecular weight excluding hydrogens is 204 g/mol. The largest absolute Gasteiger partial charge is 0.381 e. The Labute approximate surface area is 94.9 Å². The second-order valence-corrected chi connectivity index (χ2v) is 4.47. The van der Waals surface area contributed by atoms with Gasteiger partial charge in [-0.05, 0) is 12.8 Å². The molecule has 88 valence electrons. The Hall–Kier alpha value is -0.910. The number of hydrogen-bond donors (Lipinski definition) is 2. The van der Waals surface area contributed by atoms with Gasteiger partial charge in [0, 0.05) is 38.4 Å². The summed E-state index contributed by atoms with van der Waals surface area (Å²) in [6.45, 7) is 4.08. The highest BCUT2D eigenvalue weighted by Gasteiger charge is 2.25. The van der Waals surface area contributed by atoms with E-state index in [1.165, 1.54) is 17.0 Å². The van der Waals surface area contributed by atoms with Gasteiger partial charge in [0.15, 0.2) is 0 Å². The number of nitrogens with two attached hydrogens (primary N) is 1. The molecule has 0 unspecified atom stereocenters. The van der Waals surface area contributed by atoms with E-state index in [1.807, 2.05) is 0 Å². The molecule has 3 heterocycles. The Morgan fingerprint density at radius 3 is 2.94 bits per heavy atom. The third-order valence-corrected chi connectivity index (χ3v) is 3.53. The fourth-order valence-electron chi connectivity index (χ4n) is 2.66. The molecule has 1 aromatic heterocycles. The zero-order valence-electron chi connectivity index (χ0n) is 9.41. The number of rotatable bonds is 2. The molecule has 2 aliphatic heterocycles. The molecule has 5 nitrogen and oxygen atoms in total. The second-order valence-electron chi connectivity index (χ2n) is 4.47. The van der Waals surface area contributed by atoms with Gasteiger partial charge in [-0.3, -0.25) is 4.68 Å². The Morgan fingerprint density at radius 1 is 1.38 bits per heavy atom. The van der Waals surface area contributed by atoms with Gasteiger partial charge in [-0.15, -0.1) is 0 Å². The molecule has 0 radical (unpaired) electrons. The first-order valence-corrected chi connectivity index (χ1v) is 5.98. The molecule has 16 heavy (non-hydrogen) atoms. The SMILES string of the molecule is NCc1c2c(nn1C1CCOCC1)CNC2. The molecule has 0 saturated carbocycles. The van der Waals surface area contributed by atoms with Crippen LogP contribution in [0.3, 0.4) is 0 Å². The van der Waals surface area contributed by atoms with Gasteiger partial charge in [0.05, 0.1) is 17.4 Å². The van der Waals surface area contributed by atoms with Crippen molar-refractivity contribution in [1.82, 2.24) is 15.1 Å². The number of nitrogens with zero attached hydrogens (tertiary/aromatic N) is 2. The summed E-state index contributed by atoms with van der Waals surface area (Å²) in [6.07, 6.45) is 2.11. The molecule has 0 aliphatic carbocycles. The molecule has 0 spiro atoms. The van der Waals surface area contributed by atoms with Gasteiger partial charge in [0.25, 0.3) is 0 Å². The predicted molar refractivity (Wildman–Crippen MR) is 59.8 cm³/mol. The number of hydrogen-bond acceptors (Lipinski definition) is 4. The minimum Gasteiger partial charge on any atom is -0.381 e. The zero-order valence-corrected chi connectivity index (χ0v) is 9.41. The van der Waals surface area contributed by atoms with Gasteiger partial charge < -0.3 is 15.8 Å². The van der Waals surface area contributed by atoms with E-state index in [-0.39, 0.29) is 0 Å². The number of nitrogens with one attached hydrogen (secondary N) is 1. The van der Waals surface area contributed by atoms with Crippen molar-refractivity contribution in [3.8, 4) is 0 Å². The topological polar surface area (TPSA) is 65.1 Å². The van der Waals surface area contributed by atoms with E-state index in [9.17, 15) is 0 Å². The molecule has 0 amide bonds. The monoisotopic (exact) mass is 222 g/mol. The lowest BCUT2D eigenvalue weighted by Crippen LogP contribution is -2.24. The van der Waals surface area contributed by atoms with Crippen molar-refractivity contribution in [1.29, 1.82) is 0 Å². The first kappa shape index (κ1) is 10.3. The van der Waals surface area contributed by atoms with Crippen molar-refractivity contribution in [2.75, 3.05) is 13.2 Å². The van der Waals surface area contributed by atoms with Crippen molar-refractivity contribution in [3.05, 3.63) is 17.0 Å². The van der Waals surface area contributed by atoms with E-state index in [2.05, 4.69) is 10.00 Å². The highest BCUT2D eigenvalue weighted by atomic mass is 16.5. The minimum absolute atomic E-state index is 0.484. The maximum absolute atomic E-state index is 5.85. The van der Waals surface area contributed by atoms with Gasteiger partial charge >= 0.3 is 0 Å². The van der Waals surface area contributed by atoms with Gasteiger partial charge in [0.2, 0.25) is 0 Å². The van der Waals surface area contributed by atoms with Crippen molar-refractivity contribution in [2.24, 2.45) is 5.73 Å². The maximum atomic E-state index is 5.85. The predicted octanol–water partition coefficient (Wildman–Crippen LogP) is 0.296. The van der Waals surface area contributed by atoms with E-state index >= 15 is 0 Å². The maximum Gasteiger partial charge on any atom is 0.0811 e. The summed E-state index contributed by atoms with van der Waals surface area (Å²) in [5, 5.41) is 8.02. The summed E-state index contributed by atoms with van der Waals surface area (Å²) in [6, 6.07) is 0.484. The molecular formula is C11H18N4O. The summed E-state index contributed by atoms with van der Waals surface area (Å²) in [5.74, 6) is 0. The molecule has 1 aromatic rings. The van der Waals surface area contributed by atoms with E-state index in [0.29, 0.717) is 12.6 Å². The minimum atomic E-state index is 0.484. The second kappa shape index (κ2) is 4.16. The number of ether oxygens (including phenoxy) is 1. The van der Waals surface area contributed by atoms with Crippen molar-refractivity contribution in [3.63, 3.8) is 0 Å². The lowest BCUT2D eigenvalue weighted by molar-refractivity contribution is 0.0652. The van der Waals surface area contributed by atoms with Crippen LogP contribution in [-0.4, -0.2) is 23.0 Å². The molecule has 3 rings (SSSR count). The van der Waals surface area contributed by atoms with Crippen LogP contribution in [0.2, 0.25) is 0 Å². The normalized spacial score (nSPS) is 21.3. The molecule has 3 N–H and O–H groups in total. The summed E-state index contributed by atoms with van der Waals surface area (Å²) in [5.41, 5.74) is 9.58. The van der Waals surface area contributed by atoms with Crippen LogP contribution in [0.5, 0.6) is 0 Å². The van der Waals surface area contributed by atoms with E-state index in [4.69, 9.17) is 15.6 Å². The van der Waals surface area contributed by atoms with Crippen LogP contribution in [0.4, 0.5) is 0 Å². The quantitative estimate of drug-likeness (QED) is 0.755. The Morgan fingerprint density at radius 2 is 2.19 bits per heavy atom. The number of fused-ring (bicyclic) bond motifs is 1. The Kier molecular flexibility index (Phi) is 2.67. The highest BCUT2D eigenvalue weighted by molar-refractivity contribution is 5.30. The zero-order chi connectivity index (χ0) is 11.0. The summed E-state index contributed by atoms with van der Waals surface area (Å²) < 4.78 is 7.55. The van der Waals surface area contributed by atoms with Crippen LogP contribution in [-0.2, 0) is 24.4 Å². The first-order valence-electron chi connectivity index (χ1n) is 5.98. The average molecular weight is 222 g/mol. The van der Waals surface area contributed by atoms with Crippen LogP contribution in [0.1, 0.15) is 35.8 Å². The molecule has 0 aromatic carbocycles. The average Bonchev–Trinajstić information content (AvgIpc) is 2.89. The van der Waals surface area contributed by atoms with Crippen LogP contribution in [0.15, 0.2) is 0 Å². The molecule has 5 heteroatoms. The smallest absolute Gasteiger partial charge is 0.0811 e. The van der Waals surface area contributed by atoms with Crippen LogP contribution in [0, 0.1) is 0 Å². The summed E-state index contributed by atoms with van der Waals surface area (Å²) >= 11 is 0. The standard InChI is InChI=1S/C11H18N4O/c12-5-11-9-6-13-7-10(9)14-15(11)8-1-3-16-4-2-8/h8,13H,1-7,12H2.